The normalized spacial score (nSPS) is 13.1. The summed E-state index contributed by atoms with van der Waals surface area (Å²) in [4.78, 5) is 23.8. The maximum absolute atomic E-state index is 12.7. The Labute approximate surface area is 168 Å². The van der Waals surface area contributed by atoms with Gasteiger partial charge in [0.2, 0.25) is 0 Å². The van der Waals surface area contributed by atoms with E-state index in [2.05, 4.69) is 5.32 Å². The lowest BCUT2D eigenvalue weighted by molar-refractivity contribution is 0.0696. The van der Waals surface area contributed by atoms with Crippen LogP contribution in [0.2, 0.25) is 5.02 Å². The molecule has 1 aliphatic rings. The van der Waals surface area contributed by atoms with Gasteiger partial charge in [0, 0.05) is 11.3 Å². The lowest BCUT2D eigenvalue weighted by Crippen LogP contribution is -2.13. The molecule has 2 aromatic carbocycles. The summed E-state index contributed by atoms with van der Waals surface area (Å²) in [7, 11) is 0. The first-order chi connectivity index (χ1) is 13.4. The number of nitrogens with one attached hydrogen (secondary N) is 1. The summed E-state index contributed by atoms with van der Waals surface area (Å²) in [5, 5.41) is 12.2. The summed E-state index contributed by atoms with van der Waals surface area (Å²) >= 11 is 6.32. The second-order valence-corrected chi connectivity index (χ2v) is 7.17. The number of hydrogen-bond donors (Lipinski definition) is 2. The van der Waals surface area contributed by atoms with Crippen LogP contribution in [-0.2, 0) is 0 Å². The van der Waals surface area contributed by atoms with Crippen molar-refractivity contribution in [1.29, 1.82) is 0 Å². The van der Waals surface area contributed by atoms with Crippen LogP contribution in [0, 0.1) is 12.8 Å². The number of hydrogen-bond acceptors (Lipinski definition) is 4. The number of carboxylic acid groups (broad SMARTS) is 1. The fourth-order valence-corrected chi connectivity index (χ4v) is 3.03. The van der Waals surface area contributed by atoms with E-state index in [1.54, 1.807) is 25.1 Å². The van der Waals surface area contributed by atoms with Gasteiger partial charge in [-0.05, 0) is 68.5 Å². The molecule has 0 unspecified atom stereocenters. The second kappa shape index (κ2) is 8.52. The molecule has 1 amide bonds. The standard InChI is InChI=1S/C21H22ClNO5/c1-3-27-19-17(22)9-14(10-18(19)28-11-13-4-5-13)20(24)23-15-6-7-16(21(25)26)12(2)8-15/h6-10,13H,3-5,11H2,1-2H3,(H,23,24)(H,25,26). The van der Waals surface area contributed by atoms with E-state index in [1.807, 2.05) is 6.92 Å². The van der Waals surface area contributed by atoms with E-state index in [-0.39, 0.29) is 11.5 Å². The second-order valence-electron chi connectivity index (χ2n) is 6.76. The van der Waals surface area contributed by atoms with Gasteiger partial charge in [-0.3, -0.25) is 4.79 Å². The molecule has 0 atom stereocenters. The van der Waals surface area contributed by atoms with Crippen LogP contribution in [0.15, 0.2) is 30.3 Å². The Morgan fingerprint density at radius 3 is 2.57 bits per heavy atom. The van der Waals surface area contributed by atoms with Crippen molar-refractivity contribution >= 4 is 29.2 Å². The minimum atomic E-state index is -1.01. The van der Waals surface area contributed by atoms with Crippen LogP contribution in [0.25, 0.3) is 0 Å². The number of anilines is 1. The molecule has 0 bridgehead atoms. The third-order valence-electron chi connectivity index (χ3n) is 4.45. The number of rotatable bonds is 8. The van der Waals surface area contributed by atoms with Crippen LogP contribution in [0.1, 0.15) is 46.0 Å². The summed E-state index contributed by atoms with van der Waals surface area (Å²) in [6, 6.07) is 7.77. The van der Waals surface area contributed by atoms with E-state index in [1.165, 1.54) is 12.1 Å². The van der Waals surface area contributed by atoms with Crippen LogP contribution in [0.4, 0.5) is 5.69 Å². The maximum Gasteiger partial charge on any atom is 0.335 e. The Kier molecular flexibility index (Phi) is 6.09. The number of carboxylic acids is 1. The van der Waals surface area contributed by atoms with E-state index in [9.17, 15) is 9.59 Å². The fourth-order valence-electron chi connectivity index (χ4n) is 2.77. The number of benzene rings is 2. The monoisotopic (exact) mass is 403 g/mol. The highest BCUT2D eigenvalue weighted by atomic mass is 35.5. The third kappa shape index (κ3) is 4.75. The van der Waals surface area contributed by atoms with Crippen molar-refractivity contribution in [2.45, 2.75) is 26.7 Å². The average Bonchev–Trinajstić information content (AvgIpc) is 3.46. The van der Waals surface area contributed by atoms with Crippen LogP contribution in [-0.4, -0.2) is 30.2 Å². The number of ether oxygens (including phenoxy) is 2. The molecular weight excluding hydrogens is 382 g/mol. The van der Waals surface area contributed by atoms with Gasteiger partial charge >= 0.3 is 5.97 Å². The quantitative estimate of drug-likeness (QED) is 0.662. The van der Waals surface area contributed by atoms with Gasteiger partial charge in [0.1, 0.15) is 0 Å². The lowest BCUT2D eigenvalue weighted by Gasteiger charge is -2.15. The van der Waals surface area contributed by atoms with Crippen LogP contribution < -0.4 is 14.8 Å². The molecule has 2 aromatic rings. The predicted octanol–water partition coefficient (Wildman–Crippen LogP) is 4.79. The van der Waals surface area contributed by atoms with Crippen molar-refractivity contribution in [2.75, 3.05) is 18.5 Å². The molecule has 1 saturated carbocycles. The Balaban J connectivity index is 1.82. The molecule has 0 spiro atoms. The molecule has 1 fully saturated rings. The summed E-state index contributed by atoms with van der Waals surface area (Å²) in [6.45, 7) is 4.53. The van der Waals surface area contributed by atoms with Crippen molar-refractivity contribution in [3.8, 4) is 11.5 Å². The Bertz CT molecular complexity index is 908. The molecule has 28 heavy (non-hydrogen) atoms. The number of aryl methyl sites for hydroxylation is 1. The molecule has 3 rings (SSSR count). The molecule has 0 radical (unpaired) electrons. The number of aromatic carboxylic acids is 1. The first kappa shape index (κ1) is 20.0. The van der Waals surface area contributed by atoms with Crippen LogP contribution in [0.5, 0.6) is 11.5 Å². The van der Waals surface area contributed by atoms with Crippen molar-refractivity contribution < 1.29 is 24.2 Å². The Hall–Kier alpha value is -2.73. The SMILES string of the molecule is CCOc1c(Cl)cc(C(=O)Nc2ccc(C(=O)O)c(C)c2)cc1OCC1CC1. The molecule has 0 aromatic heterocycles. The van der Waals surface area contributed by atoms with Crippen molar-refractivity contribution in [3.63, 3.8) is 0 Å². The average molecular weight is 404 g/mol. The first-order valence-electron chi connectivity index (χ1n) is 9.13. The zero-order valence-electron chi connectivity index (χ0n) is 15.8. The van der Waals surface area contributed by atoms with E-state index in [0.29, 0.717) is 52.5 Å². The van der Waals surface area contributed by atoms with Gasteiger partial charge in [-0.1, -0.05) is 11.6 Å². The summed E-state index contributed by atoms with van der Waals surface area (Å²) in [6.07, 6.45) is 2.28. The molecule has 7 heteroatoms. The van der Waals surface area contributed by atoms with E-state index in [4.69, 9.17) is 26.2 Å². The van der Waals surface area contributed by atoms with E-state index >= 15 is 0 Å². The van der Waals surface area contributed by atoms with Crippen LogP contribution >= 0.6 is 11.6 Å². The number of amides is 1. The third-order valence-corrected chi connectivity index (χ3v) is 4.73. The Morgan fingerprint density at radius 1 is 1.21 bits per heavy atom. The highest BCUT2D eigenvalue weighted by molar-refractivity contribution is 6.32. The van der Waals surface area contributed by atoms with Crippen molar-refractivity contribution in [3.05, 3.63) is 52.0 Å². The highest BCUT2D eigenvalue weighted by Crippen LogP contribution is 2.38. The van der Waals surface area contributed by atoms with E-state index in [0.717, 1.165) is 12.8 Å². The van der Waals surface area contributed by atoms with Gasteiger partial charge in [-0.25, -0.2) is 4.79 Å². The smallest absolute Gasteiger partial charge is 0.335 e. The minimum absolute atomic E-state index is 0.192. The van der Waals surface area contributed by atoms with Gasteiger partial charge in [0.05, 0.1) is 23.8 Å². The van der Waals surface area contributed by atoms with Crippen LogP contribution in [0.3, 0.4) is 0 Å². The van der Waals surface area contributed by atoms with Gasteiger partial charge in [0.15, 0.2) is 11.5 Å². The molecular formula is C21H22ClNO5. The van der Waals surface area contributed by atoms with E-state index < -0.39 is 5.97 Å². The summed E-state index contributed by atoms with van der Waals surface area (Å²) in [5.74, 6) is 0.0445. The zero-order chi connectivity index (χ0) is 20.3. The number of carbonyl (C=O) groups excluding carboxylic acids is 1. The highest BCUT2D eigenvalue weighted by Gasteiger charge is 2.24. The molecule has 0 saturated heterocycles. The topological polar surface area (TPSA) is 84.9 Å². The molecule has 1 aliphatic carbocycles. The minimum Gasteiger partial charge on any atom is -0.489 e. The molecule has 6 nitrogen and oxygen atoms in total. The predicted molar refractivity (Wildman–Crippen MR) is 107 cm³/mol. The van der Waals surface area contributed by atoms with Gasteiger partial charge in [-0.15, -0.1) is 0 Å². The van der Waals surface area contributed by atoms with Crippen molar-refractivity contribution in [1.82, 2.24) is 0 Å². The summed E-state index contributed by atoms with van der Waals surface area (Å²) < 4.78 is 11.4. The largest absolute Gasteiger partial charge is 0.489 e. The lowest BCUT2D eigenvalue weighted by atomic mass is 10.1. The van der Waals surface area contributed by atoms with Gasteiger partial charge < -0.3 is 19.9 Å². The molecule has 2 N–H and O–H groups in total. The van der Waals surface area contributed by atoms with Gasteiger partial charge in [0.25, 0.3) is 5.91 Å². The van der Waals surface area contributed by atoms with Gasteiger partial charge in [-0.2, -0.15) is 0 Å². The zero-order valence-corrected chi connectivity index (χ0v) is 16.5. The Morgan fingerprint density at radius 2 is 1.96 bits per heavy atom. The molecule has 0 aliphatic heterocycles. The van der Waals surface area contributed by atoms with Crippen molar-refractivity contribution in [2.24, 2.45) is 5.92 Å². The summed E-state index contributed by atoms with van der Waals surface area (Å²) in [5.41, 5.74) is 1.58. The fraction of sp³-hybridized carbons (Fsp3) is 0.333. The molecule has 148 valence electrons. The first-order valence-corrected chi connectivity index (χ1v) is 9.51. The number of carbonyl (C=O) groups is 2. The number of halogens is 1. The molecule has 0 heterocycles. The maximum atomic E-state index is 12.7.